The first-order valence-corrected chi connectivity index (χ1v) is 2.23. The van der Waals surface area contributed by atoms with Crippen LogP contribution in [0.1, 0.15) is 13.3 Å². The van der Waals surface area contributed by atoms with E-state index in [2.05, 4.69) is 25.2 Å². The van der Waals surface area contributed by atoms with Crippen molar-refractivity contribution in [1.29, 1.82) is 0 Å². The summed E-state index contributed by atoms with van der Waals surface area (Å²) in [5.41, 5.74) is 1.40. The van der Waals surface area contributed by atoms with E-state index < -0.39 is 0 Å². The van der Waals surface area contributed by atoms with Crippen LogP contribution in [0.5, 0.6) is 0 Å². The van der Waals surface area contributed by atoms with Crippen LogP contribution >= 0.6 is 0 Å². The SMILES string of the molecule is CC1=CCC=C1.[CH3-].[CH3-].[CH3-].[Pt]. The molecule has 1 aliphatic rings. The zero-order chi connectivity index (χ0) is 4.41. The predicted molar refractivity (Wildman–Crippen MR) is 46.8 cm³/mol. The van der Waals surface area contributed by atoms with E-state index in [0.29, 0.717) is 0 Å². The number of hydrogen-bond acceptors (Lipinski definition) is 0. The molecular weight excluding hydrogens is 303 g/mol. The summed E-state index contributed by atoms with van der Waals surface area (Å²) >= 11 is 0. The minimum absolute atomic E-state index is 0. The molecule has 0 atom stereocenters. The zero-order valence-electron chi connectivity index (χ0n) is 7.26. The van der Waals surface area contributed by atoms with Gasteiger partial charge in [-0.15, -0.1) is 0 Å². The molecule has 0 heterocycles. The molecule has 0 unspecified atom stereocenters. The molecule has 0 aromatic heterocycles. The van der Waals surface area contributed by atoms with Crippen molar-refractivity contribution in [1.82, 2.24) is 0 Å². The molecule has 0 nitrogen and oxygen atoms in total. The molecule has 0 aliphatic heterocycles. The molecule has 0 aromatic carbocycles. The van der Waals surface area contributed by atoms with Crippen LogP contribution in [0, 0.1) is 22.3 Å². The van der Waals surface area contributed by atoms with Crippen molar-refractivity contribution in [2.24, 2.45) is 0 Å². The zero-order valence-corrected chi connectivity index (χ0v) is 9.53. The molecular formula is C9H17Pt-3. The van der Waals surface area contributed by atoms with Crippen LogP contribution in [0.3, 0.4) is 0 Å². The first-order chi connectivity index (χ1) is 2.89. The molecule has 0 saturated carbocycles. The second kappa shape index (κ2) is 11.9. The minimum Gasteiger partial charge on any atom is -0.358 e. The van der Waals surface area contributed by atoms with E-state index in [1.165, 1.54) is 5.57 Å². The van der Waals surface area contributed by atoms with E-state index in [1.54, 1.807) is 0 Å². The van der Waals surface area contributed by atoms with E-state index in [0.717, 1.165) is 6.42 Å². The second-order valence-corrected chi connectivity index (χ2v) is 1.59. The van der Waals surface area contributed by atoms with Crippen molar-refractivity contribution < 1.29 is 21.1 Å². The van der Waals surface area contributed by atoms with Crippen LogP contribution in [-0.2, 0) is 21.1 Å². The normalized spacial score (nSPS) is 11.1. The molecule has 1 rings (SSSR count). The summed E-state index contributed by atoms with van der Waals surface area (Å²) in [7, 11) is 0. The summed E-state index contributed by atoms with van der Waals surface area (Å²) in [5.74, 6) is 0. The summed E-state index contributed by atoms with van der Waals surface area (Å²) in [4.78, 5) is 0. The minimum atomic E-state index is 0. The van der Waals surface area contributed by atoms with Crippen molar-refractivity contribution in [2.45, 2.75) is 13.3 Å². The Labute approximate surface area is 80.7 Å². The standard InChI is InChI=1S/C6H8.3CH3.Pt/c1-6-4-2-3-5-6;;;;/h2,4-5H,3H2,1H3;3*1H3;/q;3*-1;. The van der Waals surface area contributed by atoms with Gasteiger partial charge in [-0.05, 0) is 13.3 Å². The maximum atomic E-state index is 2.21. The molecule has 0 radical (unpaired) electrons. The Hall–Kier alpha value is 0.168. The van der Waals surface area contributed by atoms with Gasteiger partial charge in [0.2, 0.25) is 0 Å². The van der Waals surface area contributed by atoms with Crippen LogP contribution in [0.25, 0.3) is 0 Å². The topological polar surface area (TPSA) is 0 Å². The first kappa shape index (κ1) is 22.5. The van der Waals surface area contributed by atoms with Gasteiger partial charge in [0, 0.05) is 21.1 Å². The Morgan fingerprint density at radius 1 is 1.20 bits per heavy atom. The molecule has 1 heteroatoms. The Kier molecular flexibility index (Phi) is 26.7. The van der Waals surface area contributed by atoms with Crippen LogP contribution < -0.4 is 0 Å². The molecule has 66 valence electrons. The van der Waals surface area contributed by atoms with E-state index in [1.807, 2.05) is 0 Å². The molecule has 0 fully saturated rings. The molecule has 0 N–H and O–H groups in total. The fourth-order valence-corrected chi connectivity index (χ4v) is 0.576. The van der Waals surface area contributed by atoms with E-state index >= 15 is 0 Å². The molecule has 0 saturated heterocycles. The van der Waals surface area contributed by atoms with Gasteiger partial charge in [0.25, 0.3) is 0 Å². The van der Waals surface area contributed by atoms with Crippen molar-refractivity contribution in [3.05, 3.63) is 46.1 Å². The van der Waals surface area contributed by atoms with Crippen molar-refractivity contribution in [3.8, 4) is 0 Å². The van der Waals surface area contributed by atoms with Gasteiger partial charge < -0.3 is 22.3 Å². The van der Waals surface area contributed by atoms with Crippen LogP contribution in [0.4, 0.5) is 0 Å². The Morgan fingerprint density at radius 2 is 1.70 bits per heavy atom. The smallest absolute Gasteiger partial charge is 0 e. The number of allylic oxidation sites excluding steroid dienone is 4. The van der Waals surface area contributed by atoms with Crippen LogP contribution in [0.2, 0.25) is 0 Å². The van der Waals surface area contributed by atoms with Gasteiger partial charge in [-0.1, -0.05) is 23.8 Å². The number of hydrogen-bond donors (Lipinski definition) is 0. The molecule has 1 aliphatic carbocycles. The maximum Gasteiger partial charge on any atom is 0 e. The van der Waals surface area contributed by atoms with Gasteiger partial charge in [-0.25, -0.2) is 0 Å². The molecule has 0 spiro atoms. The quantitative estimate of drug-likeness (QED) is 0.601. The summed E-state index contributed by atoms with van der Waals surface area (Å²) < 4.78 is 0. The van der Waals surface area contributed by atoms with Gasteiger partial charge in [-0.2, -0.15) is 0 Å². The van der Waals surface area contributed by atoms with Crippen molar-refractivity contribution in [2.75, 3.05) is 0 Å². The van der Waals surface area contributed by atoms with Crippen LogP contribution in [0.15, 0.2) is 23.8 Å². The summed E-state index contributed by atoms with van der Waals surface area (Å²) in [6.07, 6.45) is 7.65. The molecule has 0 bridgehead atoms. The van der Waals surface area contributed by atoms with Crippen molar-refractivity contribution in [3.63, 3.8) is 0 Å². The molecule has 0 amide bonds. The summed E-state index contributed by atoms with van der Waals surface area (Å²) in [5, 5.41) is 0. The predicted octanol–water partition coefficient (Wildman–Crippen LogP) is 3.24. The molecule has 0 aromatic rings. The Balaban J connectivity index is -0.0000000450. The monoisotopic (exact) mass is 320 g/mol. The third-order valence-electron chi connectivity index (χ3n) is 0.957. The number of rotatable bonds is 0. The first-order valence-electron chi connectivity index (χ1n) is 2.23. The van der Waals surface area contributed by atoms with Crippen LogP contribution in [-0.4, -0.2) is 0 Å². The average molecular weight is 320 g/mol. The second-order valence-electron chi connectivity index (χ2n) is 1.59. The van der Waals surface area contributed by atoms with Gasteiger partial charge >= 0.3 is 0 Å². The largest absolute Gasteiger partial charge is 0.358 e. The third-order valence-corrected chi connectivity index (χ3v) is 0.957. The fraction of sp³-hybridized carbons (Fsp3) is 0.222. The van der Waals surface area contributed by atoms with Gasteiger partial charge in [0.05, 0.1) is 0 Å². The maximum absolute atomic E-state index is 2.21. The summed E-state index contributed by atoms with van der Waals surface area (Å²) in [6.45, 7) is 2.11. The van der Waals surface area contributed by atoms with Gasteiger partial charge in [0.15, 0.2) is 0 Å². The van der Waals surface area contributed by atoms with Crippen molar-refractivity contribution >= 4 is 0 Å². The Bertz CT molecular complexity index is 98.5. The van der Waals surface area contributed by atoms with Gasteiger partial charge in [-0.3, -0.25) is 0 Å². The Morgan fingerprint density at radius 3 is 1.80 bits per heavy atom. The fourth-order valence-electron chi connectivity index (χ4n) is 0.576. The van der Waals surface area contributed by atoms with Gasteiger partial charge in [0.1, 0.15) is 0 Å². The third kappa shape index (κ3) is 8.17. The summed E-state index contributed by atoms with van der Waals surface area (Å²) in [6, 6.07) is 0. The molecule has 10 heavy (non-hydrogen) atoms. The van der Waals surface area contributed by atoms with E-state index in [-0.39, 0.29) is 43.3 Å². The van der Waals surface area contributed by atoms with E-state index in [9.17, 15) is 0 Å². The average Bonchev–Trinajstić information content (AvgIpc) is 1.86. The van der Waals surface area contributed by atoms with E-state index in [4.69, 9.17) is 0 Å².